The molecule has 24 heavy (non-hydrogen) atoms. The summed E-state index contributed by atoms with van der Waals surface area (Å²) in [7, 11) is 0. The summed E-state index contributed by atoms with van der Waals surface area (Å²) in [5.74, 6) is -0.144. The minimum atomic E-state index is -0.950. The number of amides is 4. The summed E-state index contributed by atoms with van der Waals surface area (Å²) in [6, 6.07) is 2.51. The normalized spacial score (nSPS) is 18.5. The maximum atomic E-state index is 12.4. The lowest BCUT2D eigenvalue weighted by Gasteiger charge is -2.21. The number of carbonyl (C=O) groups excluding carboxylic acids is 3. The summed E-state index contributed by atoms with van der Waals surface area (Å²) in [4.78, 5) is 37.7. The third-order valence-electron chi connectivity index (χ3n) is 3.56. The molecular formula is C15H17Cl2N3O3S. The zero-order valence-electron chi connectivity index (χ0n) is 13.1. The predicted molar refractivity (Wildman–Crippen MR) is 96.7 cm³/mol. The Balaban J connectivity index is 2.07. The Labute approximate surface area is 154 Å². The van der Waals surface area contributed by atoms with Gasteiger partial charge in [0.05, 0.1) is 0 Å². The van der Waals surface area contributed by atoms with Gasteiger partial charge in [0.2, 0.25) is 5.91 Å². The van der Waals surface area contributed by atoms with Gasteiger partial charge < -0.3 is 10.6 Å². The Kier molecular flexibility index (Phi) is 6.37. The molecule has 9 heteroatoms. The number of thioether (sulfide) groups is 1. The molecule has 0 saturated carbocycles. The molecular weight excluding hydrogens is 373 g/mol. The van der Waals surface area contributed by atoms with Crippen LogP contribution in [-0.4, -0.2) is 46.8 Å². The molecule has 0 aromatic heterocycles. The van der Waals surface area contributed by atoms with E-state index in [1.54, 1.807) is 11.8 Å². The molecule has 6 nitrogen and oxygen atoms in total. The van der Waals surface area contributed by atoms with Crippen LogP contribution in [0.5, 0.6) is 0 Å². The molecule has 1 fully saturated rings. The lowest BCUT2D eigenvalue weighted by Crippen LogP contribution is -2.46. The summed E-state index contributed by atoms with van der Waals surface area (Å²) >= 11 is 13.4. The number of carbonyl (C=O) groups is 3. The fourth-order valence-electron chi connectivity index (χ4n) is 2.34. The van der Waals surface area contributed by atoms with Crippen LogP contribution in [-0.2, 0) is 9.59 Å². The van der Waals surface area contributed by atoms with Gasteiger partial charge in [0.1, 0.15) is 12.1 Å². The van der Waals surface area contributed by atoms with Gasteiger partial charge in [0, 0.05) is 15.7 Å². The number of urea groups is 1. The van der Waals surface area contributed by atoms with Crippen molar-refractivity contribution in [2.45, 2.75) is 25.4 Å². The molecule has 1 aliphatic rings. The van der Waals surface area contributed by atoms with E-state index in [1.807, 2.05) is 6.26 Å². The Morgan fingerprint density at radius 3 is 2.54 bits per heavy atom. The minimum Gasteiger partial charge on any atom is -0.326 e. The summed E-state index contributed by atoms with van der Waals surface area (Å²) in [6.07, 6.45) is 2.45. The average molecular weight is 390 g/mol. The van der Waals surface area contributed by atoms with E-state index in [2.05, 4.69) is 10.6 Å². The average Bonchev–Trinajstić information content (AvgIpc) is 2.77. The van der Waals surface area contributed by atoms with E-state index >= 15 is 0 Å². The van der Waals surface area contributed by atoms with Crippen molar-refractivity contribution in [3.63, 3.8) is 0 Å². The van der Waals surface area contributed by atoms with E-state index in [9.17, 15) is 14.4 Å². The molecule has 4 amide bonds. The van der Waals surface area contributed by atoms with Crippen LogP contribution in [0.25, 0.3) is 0 Å². The van der Waals surface area contributed by atoms with Gasteiger partial charge in [-0.15, -0.1) is 0 Å². The zero-order chi connectivity index (χ0) is 17.9. The van der Waals surface area contributed by atoms with Gasteiger partial charge in [0.15, 0.2) is 0 Å². The molecule has 1 saturated heterocycles. The third-order valence-corrected chi connectivity index (χ3v) is 4.64. The first-order valence-corrected chi connectivity index (χ1v) is 9.38. The van der Waals surface area contributed by atoms with Crippen LogP contribution < -0.4 is 10.6 Å². The molecule has 1 aromatic rings. The van der Waals surface area contributed by atoms with Crippen molar-refractivity contribution in [3.05, 3.63) is 28.2 Å². The Morgan fingerprint density at radius 2 is 1.96 bits per heavy atom. The van der Waals surface area contributed by atoms with Crippen molar-refractivity contribution in [1.29, 1.82) is 0 Å². The Morgan fingerprint density at radius 1 is 1.33 bits per heavy atom. The van der Waals surface area contributed by atoms with Gasteiger partial charge in [-0.1, -0.05) is 23.2 Å². The van der Waals surface area contributed by atoms with Crippen LogP contribution in [0.2, 0.25) is 10.0 Å². The zero-order valence-corrected chi connectivity index (χ0v) is 15.5. The van der Waals surface area contributed by atoms with E-state index in [4.69, 9.17) is 23.2 Å². The van der Waals surface area contributed by atoms with E-state index in [1.165, 1.54) is 25.1 Å². The number of hydrogen-bond acceptors (Lipinski definition) is 4. The first-order valence-electron chi connectivity index (χ1n) is 7.23. The monoisotopic (exact) mass is 389 g/mol. The lowest BCUT2D eigenvalue weighted by molar-refractivity contribution is -0.133. The van der Waals surface area contributed by atoms with Crippen molar-refractivity contribution < 1.29 is 14.4 Å². The highest BCUT2D eigenvalue weighted by molar-refractivity contribution is 7.98. The topological polar surface area (TPSA) is 78.5 Å². The molecule has 0 radical (unpaired) electrons. The number of benzene rings is 1. The van der Waals surface area contributed by atoms with Crippen LogP contribution in [0.1, 0.15) is 13.3 Å². The predicted octanol–water partition coefficient (Wildman–Crippen LogP) is 2.99. The summed E-state index contributed by atoms with van der Waals surface area (Å²) < 4.78 is 0. The number of nitrogens with zero attached hydrogens (tertiary/aromatic N) is 1. The molecule has 2 atom stereocenters. The van der Waals surface area contributed by atoms with Crippen LogP contribution >= 0.6 is 35.0 Å². The van der Waals surface area contributed by atoms with Crippen LogP contribution in [0.3, 0.4) is 0 Å². The second-order valence-corrected chi connectivity index (χ2v) is 7.17. The van der Waals surface area contributed by atoms with Crippen LogP contribution in [0, 0.1) is 0 Å². The van der Waals surface area contributed by atoms with Crippen molar-refractivity contribution in [1.82, 2.24) is 10.2 Å². The second kappa shape index (κ2) is 8.09. The highest BCUT2D eigenvalue weighted by Crippen LogP contribution is 2.23. The number of anilines is 1. The van der Waals surface area contributed by atoms with Gasteiger partial charge in [0.25, 0.3) is 5.91 Å². The number of halogens is 2. The van der Waals surface area contributed by atoms with Crippen molar-refractivity contribution in [3.8, 4) is 0 Å². The molecule has 0 aliphatic carbocycles. The smallest absolute Gasteiger partial charge is 0.325 e. The van der Waals surface area contributed by atoms with Crippen LogP contribution in [0.15, 0.2) is 18.2 Å². The quantitative estimate of drug-likeness (QED) is 0.732. The number of nitrogens with one attached hydrogen (secondary N) is 2. The molecule has 0 bridgehead atoms. The third kappa shape index (κ3) is 4.34. The molecule has 1 aromatic carbocycles. The highest BCUT2D eigenvalue weighted by atomic mass is 35.5. The molecule has 1 aliphatic heterocycles. The maximum Gasteiger partial charge on any atom is 0.325 e. The van der Waals surface area contributed by atoms with Gasteiger partial charge >= 0.3 is 6.03 Å². The van der Waals surface area contributed by atoms with Crippen LogP contribution in [0.4, 0.5) is 10.5 Å². The molecule has 2 rings (SSSR count). The van der Waals surface area contributed by atoms with Crippen molar-refractivity contribution >= 4 is 58.5 Å². The largest absolute Gasteiger partial charge is 0.326 e. The first kappa shape index (κ1) is 18.9. The Bertz CT molecular complexity index is 651. The summed E-state index contributed by atoms with van der Waals surface area (Å²) in [5, 5.41) is 5.97. The minimum absolute atomic E-state index is 0.373. The number of hydrogen-bond donors (Lipinski definition) is 2. The summed E-state index contributed by atoms with van der Waals surface area (Å²) in [5.41, 5.74) is 0.398. The lowest BCUT2D eigenvalue weighted by atomic mass is 10.2. The number of imide groups is 1. The highest BCUT2D eigenvalue weighted by Gasteiger charge is 2.42. The SMILES string of the molecule is CSCC[C@@H]1NC(=O)N([C@H](C)C(=O)Nc2cc(Cl)cc(Cl)c2)C1=O. The molecule has 2 N–H and O–H groups in total. The molecule has 0 spiro atoms. The van der Waals surface area contributed by atoms with Gasteiger partial charge in [-0.25, -0.2) is 4.79 Å². The van der Waals surface area contributed by atoms with Gasteiger partial charge in [-0.05, 0) is 43.6 Å². The standard InChI is InChI=1S/C15H17Cl2N3O3S/c1-8(13(21)18-11-6-9(16)5-10(17)7-11)20-14(22)12(3-4-24-2)19-15(20)23/h5-8,12H,3-4H2,1-2H3,(H,18,21)(H,19,23)/t8-,12+/m1/s1. The number of rotatable bonds is 6. The maximum absolute atomic E-state index is 12.4. The first-order chi connectivity index (χ1) is 11.3. The molecule has 130 valence electrons. The van der Waals surface area contributed by atoms with E-state index in [0.29, 0.717) is 22.2 Å². The molecule has 1 heterocycles. The van der Waals surface area contributed by atoms with Gasteiger partial charge in [-0.2, -0.15) is 11.8 Å². The fraction of sp³-hybridized carbons (Fsp3) is 0.400. The van der Waals surface area contributed by atoms with E-state index < -0.39 is 24.0 Å². The van der Waals surface area contributed by atoms with E-state index in [-0.39, 0.29) is 5.91 Å². The van der Waals surface area contributed by atoms with Crippen molar-refractivity contribution in [2.24, 2.45) is 0 Å². The Hall–Kier alpha value is -1.44. The van der Waals surface area contributed by atoms with E-state index in [0.717, 1.165) is 10.7 Å². The fourth-order valence-corrected chi connectivity index (χ4v) is 3.33. The molecule has 0 unspecified atom stereocenters. The van der Waals surface area contributed by atoms with Crippen molar-refractivity contribution in [2.75, 3.05) is 17.3 Å². The second-order valence-electron chi connectivity index (χ2n) is 5.32. The summed E-state index contributed by atoms with van der Waals surface area (Å²) in [6.45, 7) is 1.50. The van der Waals surface area contributed by atoms with Gasteiger partial charge in [-0.3, -0.25) is 14.5 Å².